The van der Waals surface area contributed by atoms with Crippen LogP contribution >= 0.6 is 34.8 Å². The summed E-state index contributed by atoms with van der Waals surface area (Å²) in [4.78, 5) is 26.6. The normalized spacial score (nSPS) is 16.4. The van der Waals surface area contributed by atoms with Crippen LogP contribution in [0.2, 0.25) is 15.1 Å². The number of carbonyl (C=O) groups is 2. The molecule has 0 fully saturated rings. The first kappa shape index (κ1) is 26.2. The van der Waals surface area contributed by atoms with E-state index in [-0.39, 0.29) is 15.1 Å². The predicted octanol–water partition coefficient (Wildman–Crippen LogP) is 7.47. The van der Waals surface area contributed by atoms with Gasteiger partial charge in [-0.25, -0.2) is 0 Å². The Morgan fingerprint density at radius 3 is 1.86 bits per heavy atom. The number of hydrogen-bond acceptors (Lipinski definition) is 3. The molecule has 1 aliphatic rings. The van der Waals surface area contributed by atoms with Crippen molar-refractivity contribution in [1.29, 1.82) is 0 Å². The lowest BCUT2D eigenvalue weighted by Gasteiger charge is -2.28. The standard InChI is InChI=1S/C26H17Cl3F3NO3/c1-14(33-23(34)18-4-2-3-5-19(18)24(33)35)16-8-6-15(7-9-16)10-11-25(36,26(30,31)32)17-12-20(27)22(29)21(28)13-17/h2-14,36H,1H3/t14-,25?/m0/s1. The molecule has 1 unspecified atom stereocenters. The fraction of sp³-hybridized carbons (Fsp3) is 0.154. The molecule has 0 saturated heterocycles. The van der Waals surface area contributed by atoms with Crippen LogP contribution < -0.4 is 0 Å². The summed E-state index contributed by atoms with van der Waals surface area (Å²) in [5.74, 6) is -0.829. The fourth-order valence-corrected chi connectivity index (χ4v) is 4.54. The molecule has 0 saturated carbocycles. The largest absolute Gasteiger partial charge is 0.425 e. The van der Waals surface area contributed by atoms with Gasteiger partial charge in [0.1, 0.15) is 0 Å². The van der Waals surface area contributed by atoms with Crippen molar-refractivity contribution in [3.8, 4) is 0 Å². The number of fused-ring (bicyclic) bond motifs is 1. The zero-order valence-corrected chi connectivity index (χ0v) is 20.8. The van der Waals surface area contributed by atoms with Crippen LogP contribution in [-0.4, -0.2) is 28.0 Å². The van der Waals surface area contributed by atoms with E-state index in [4.69, 9.17) is 34.8 Å². The number of rotatable bonds is 5. The van der Waals surface area contributed by atoms with Crippen LogP contribution in [0, 0.1) is 0 Å². The van der Waals surface area contributed by atoms with Gasteiger partial charge in [-0.05, 0) is 54.0 Å². The fourth-order valence-electron chi connectivity index (χ4n) is 3.94. The Morgan fingerprint density at radius 1 is 0.889 bits per heavy atom. The molecule has 36 heavy (non-hydrogen) atoms. The van der Waals surface area contributed by atoms with E-state index >= 15 is 0 Å². The van der Waals surface area contributed by atoms with Gasteiger partial charge in [-0.1, -0.05) is 77.3 Å². The topological polar surface area (TPSA) is 57.6 Å². The van der Waals surface area contributed by atoms with Crippen molar-refractivity contribution in [2.24, 2.45) is 0 Å². The van der Waals surface area contributed by atoms with Crippen molar-refractivity contribution in [2.45, 2.75) is 24.7 Å². The van der Waals surface area contributed by atoms with Gasteiger partial charge in [0.2, 0.25) is 5.60 Å². The first-order valence-electron chi connectivity index (χ1n) is 10.6. The van der Waals surface area contributed by atoms with Crippen LogP contribution in [0.25, 0.3) is 6.08 Å². The van der Waals surface area contributed by atoms with Crippen molar-refractivity contribution >= 4 is 52.7 Å². The second kappa shape index (κ2) is 9.56. The highest BCUT2D eigenvalue weighted by molar-refractivity contribution is 6.48. The number of amides is 2. The van der Waals surface area contributed by atoms with Gasteiger partial charge in [0.05, 0.1) is 32.2 Å². The highest BCUT2D eigenvalue weighted by Crippen LogP contribution is 2.44. The van der Waals surface area contributed by atoms with Gasteiger partial charge in [-0.15, -0.1) is 0 Å². The number of imide groups is 1. The molecule has 3 aromatic rings. The number of hydrogen-bond donors (Lipinski definition) is 1. The molecule has 0 aliphatic carbocycles. The zero-order valence-electron chi connectivity index (χ0n) is 18.5. The molecule has 186 valence electrons. The van der Waals surface area contributed by atoms with Crippen LogP contribution in [0.1, 0.15) is 50.4 Å². The maximum Gasteiger partial charge on any atom is 0.425 e. The molecule has 0 spiro atoms. The first-order valence-corrected chi connectivity index (χ1v) is 11.7. The zero-order chi connectivity index (χ0) is 26.4. The van der Waals surface area contributed by atoms with Gasteiger partial charge in [0.25, 0.3) is 11.8 Å². The molecule has 2 atom stereocenters. The van der Waals surface area contributed by atoms with E-state index in [1.807, 2.05) is 0 Å². The molecule has 10 heteroatoms. The maximum atomic E-state index is 13.9. The SMILES string of the molecule is C[C@@H](c1ccc(C=CC(O)(c2cc(Cl)c(Cl)c(Cl)c2)C(F)(F)F)cc1)N1C(=O)c2ccccc2C1=O. The minimum Gasteiger partial charge on any atom is -0.373 e. The monoisotopic (exact) mass is 553 g/mol. The Hall–Kier alpha value is -2.84. The average Bonchev–Trinajstić information content (AvgIpc) is 3.09. The number of carbonyl (C=O) groups excluding carboxylic acids is 2. The molecular weight excluding hydrogens is 538 g/mol. The Labute approximate surface area is 219 Å². The van der Waals surface area contributed by atoms with E-state index in [1.165, 1.54) is 12.1 Å². The Balaban J connectivity index is 1.60. The molecule has 0 bridgehead atoms. The number of alkyl halides is 3. The van der Waals surface area contributed by atoms with Gasteiger partial charge in [-0.2, -0.15) is 13.2 Å². The third-order valence-electron chi connectivity index (χ3n) is 6.00. The third-order valence-corrected chi connectivity index (χ3v) is 7.20. The molecule has 4 rings (SSSR count). The lowest BCUT2D eigenvalue weighted by Crippen LogP contribution is -2.40. The highest BCUT2D eigenvalue weighted by Gasteiger charge is 2.53. The van der Waals surface area contributed by atoms with Crippen LogP contribution in [-0.2, 0) is 5.60 Å². The lowest BCUT2D eigenvalue weighted by atomic mass is 9.91. The Bertz CT molecular complexity index is 1330. The van der Waals surface area contributed by atoms with E-state index in [9.17, 15) is 27.9 Å². The predicted molar refractivity (Wildman–Crippen MR) is 132 cm³/mol. The summed E-state index contributed by atoms with van der Waals surface area (Å²) in [5.41, 5.74) is -2.41. The van der Waals surface area contributed by atoms with Crippen LogP contribution in [0.3, 0.4) is 0 Å². The number of aliphatic hydroxyl groups is 1. The van der Waals surface area contributed by atoms with Crippen LogP contribution in [0.4, 0.5) is 13.2 Å². The number of halogens is 6. The van der Waals surface area contributed by atoms with Gasteiger partial charge in [0.15, 0.2) is 0 Å². The van der Waals surface area contributed by atoms with E-state index in [0.29, 0.717) is 28.3 Å². The first-order chi connectivity index (χ1) is 16.8. The Morgan fingerprint density at radius 2 is 1.39 bits per heavy atom. The quantitative estimate of drug-likeness (QED) is 0.263. The van der Waals surface area contributed by atoms with Gasteiger partial charge in [-0.3, -0.25) is 14.5 Å². The molecular formula is C26H17Cl3F3NO3. The highest BCUT2D eigenvalue weighted by atomic mass is 35.5. The van der Waals surface area contributed by atoms with Crippen LogP contribution in [0.15, 0.2) is 66.7 Å². The summed E-state index contributed by atoms with van der Waals surface area (Å²) in [5, 5.41) is 10.0. The van der Waals surface area contributed by atoms with Gasteiger partial charge in [0, 0.05) is 0 Å². The minimum absolute atomic E-state index is 0.127. The molecule has 0 aromatic heterocycles. The maximum absolute atomic E-state index is 13.9. The lowest BCUT2D eigenvalue weighted by molar-refractivity contribution is -0.244. The molecule has 1 heterocycles. The Kier molecular flexibility index (Phi) is 6.96. The second-order valence-electron chi connectivity index (χ2n) is 8.22. The van der Waals surface area contributed by atoms with E-state index in [0.717, 1.165) is 23.1 Å². The van der Waals surface area contributed by atoms with Crippen molar-refractivity contribution in [2.75, 3.05) is 0 Å². The number of nitrogens with zero attached hydrogens (tertiary/aromatic N) is 1. The van der Waals surface area contributed by atoms with E-state index in [1.54, 1.807) is 43.3 Å². The van der Waals surface area contributed by atoms with Gasteiger partial charge < -0.3 is 5.11 Å². The van der Waals surface area contributed by atoms with Crippen molar-refractivity contribution in [1.82, 2.24) is 4.90 Å². The summed E-state index contributed by atoms with van der Waals surface area (Å²) in [6, 6.07) is 13.9. The summed E-state index contributed by atoms with van der Waals surface area (Å²) >= 11 is 17.6. The summed E-state index contributed by atoms with van der Waals surface area (Å²) in [6.45, 7) is 1.68. The van der Waals surface area contributed by atoms with Crippen molar-refractivity contribution in [3.63, 3.8) is 0 Å². The van der Waals surface area contributed by atoms with Crippen molar-refractivity contribution in [3.05, 3.63) is 110 Å². The summed E-state index contributed by atoms with van der Waals surface area (Å²) in [7, 11) is 0. The third kappa shape index (κ3) is 4.52. The number of benzene rings is 3. The van der Waals surface area contributed by atoms with Crippen molar-refractivity contribution < 1.29 is 27.9 Å². The van der Waals surface area contributed by atoms with Gasteiger partial charge >= 0.3 is 6.18 Å². The molecule has 1 aliphatic heterocycles. The van der Waals surface area contributed by atoms with E-state index < -0.39 is 35.2 Å². The minimum atomic E-state index is -5.09. The summed E-state index contributed by atoms with van der Waals surface area (Å²) < 4.78 is 41.7. The smallest absolute Gasteiger partial charge is 0.373 e. The van der Waals surface area contributed by atoms with Crippen LogP contribution in [0.5, 0.6) is 0 Å². The molecule has 0 radical (unpaired) electrons. The van der Waals surface area contributed by atoms with E-state index in [2.05, 4.69) is 0 Å². The molecule has 1 N–H and O–H groups in total. The molecule has 2 amide bonds. The molecule has 4 nitrogen and oxygen atoms in total. The second-order valence-corrected chi connectivity index (χ2v) is 9.41. The molecule has 3 aromatic carbocycles. The average molecular weight is 555 g/mol. The summed E-state index contributed by atoms with van der Waals surface area (Å²) in [6.07, 6.45) is -3.41.